The van der Waals surface area contributed by atoms with Crippen molar-refractivity contribution in [3.8, 4) is 0 Å². The van der Waals surface area contributed by atoms with Crippen molar-refractivity contribution in [3.63, 3.8) is 0 Å². The Morgan fingerprint density at radius 1 is 1.23 bits per heavy atom. The zero-order valence-corrected chi connectivity index (χ0v) is 13.2. The van der Waals surface area contributed by atoms with Crippen molar-refractivity contribution in [2.45, 2.75) is 27.0 Å². The summed E-state index contributed by atoms with van der Waals surface area (Å²) in [6, 6.07) is 7.43. The van der Waals surface area contributed by atoms with E-state index in [4.69, 9.17) is 11.6 Å². The normalized spacial score (nSPS) is 11.1. The summed E-state index contributed by atoms with van der Waals surface area (Å²) < 4.78 is 1.97. The molecule has 3 rings (SSSR count). The standard InChI is InChI=1S/C16H17ClN4O/c1-10-5-11(2)21-8-13(20-16(21)19-10)7-18-15-6-12(9-22)3-4-14(15)17/h3-6,8,18,22H,7,9H2,1-2H3. The zero-order valence-electron chi connectivity index (χ0n) is 12.5. The third-order valence-electron chi connectivity index (χ3n) is 3.48. The molecule has 2 N–H and O–H groups in total. The number of aliphatic hydroxyl groups excluding tert-OH is 1. The molecule has 0 aliphatic carbocycles. The summed E-state index contributed by atoms with van der Waals surface area (Å²) in [6.07, 6.45) is 1.97. The molecule has 0 aliphatic rings. The molecule has 2 aromatic heterocycles. The number of aliphatic hydroxyl groups is 1. The van der Waals surface area contributed by atoms with E-state index in [9.17, 15) is 5.11 Å². The lowest BCUT2D eigenvalue weighted by molar-refractivity contribution is 0.282. The largest absolute Gasteiger partial charge is 0.392 e. The molecule has 3 aromatic rings. The average molecular weight is 317 g/mol. The van der Waals surface area contributed by atoms with Crippen molar-refractivity contribution < 1.29 is 5.11 Å². The maximum atomic E-state index is 9.20. The van der Waals surface area contributed by atoms with Crippen LogP contribution < -0.4 is 5.32 Å². The van der Waals surface area contributed by atoms with Crippen molar-refractivity contribution in [2.24, 2.45) is 0 Å². The smallest absolute Gasteiger partial charge is 0.234 e. The molecule has 1 aromatic carbocycles. The molecule has 5 nitrogen and oxygen atoms in total. The van der Waals surface area contributed by atoms with Crippen LogP contribution in [0.4, 0.5) is 5.69 Å². The highest BCUT2D eigenvalue weighted by atomic mass is 35.5. The Bertz CT molecular complexity index is 828. The number of nitrogens with one attached hydrogen (secondary N) is 1. The summed E-state index contributed by atoms with van der Waals surface area (Å²) >= 11 is 6.16. The number of benzene rings is 1. The maximum Gasteiger partial charge on any atom is 0.234 e. The average Bonchev–Trinajstić information content (AvgIpc) is 2.89. The summed E-state index contributed by atoms with van der Waals surface area (Å²) in [5.74, 6) is 0.699. The molecule has 0 saturated heterocycles. The molecule has 0 bridgehead atoms. The minimum atomic E-state index is -0.0113. The number of halogens is 1. The second kappa shape index (κ2) is 5.94. The highest BCUT2D eigenvalue weighted by molar-refractivity contribution is 6.33. The fourth-order valence-corrected chi connectivity index (χ4v) is 2.58. The minimum absolute atomic E-state index is 0.0113. The van der Waals surface area contributed by atoms with Gasteiger partial charge in [0.25, 0.3) is 0 Å². The molecule has 0 unspecified atom stereocenters. The first-order chi connectivity index (χ1) is 10.6. The van der Waals surface area contributed by atoms with Gasteiger partial charge in [-0.2, -0.15) is 0 Å². The van der Waals surface area contributed by atoms with Crippen LogP contribution in [0.2, 0.25) is 5.02 Å². The van der Waals surface area contributed by atoms with Gasteiger partial charge in [-0.15, -0.1) is 0 Å². The van der Waals surface area contributed by atoms with E-state index < -0.39 is 0 Å². The van der Waals surface area contributed by atoms with Gasteiger partial charge in [-0.1, -0.05) is 17.7 Å². The van der Waals surface area contributed by atoms with E-state index >= 15 is 0 Å². The molecule has 114 valence electrons. The van der Waals surface area contributed by atoms with Gasteiger partial charge in [0.05, 0.1) is 29.6 Å². The Morgan fingerprint density at radius 2 is 2.05 bits per heavy atom. The molecule has 22 heavy (non-hydrogen) atoms. The molecule has 6 heteroatoms. The van der Waals surface area contributed by atoms with E-state index in [1.165, 1.54) is 0 Å². The van der Waals surface area contributed by atoms with Gasteiger partial charge in [0.2, 0.25) is 5.78 Å². The third-order valence-corrected chi connectivity index (χ3v) is 3.81. The van der Waals surface area contributed by atoms with Gasteiger partial charge < -0.3 is 10.4 Å². The van der Waals surface area contributed by atoms with Crippen molar-refractivity contribution in [2.75, 3.05) is 5.32 Å². The van der Waals surface area contributed by atoms with Crippen LogP contribution in [0, 0.1) is 13.8 Å². The first-order valence-electron chi connectivity index (χ1n) is 7.02. The van der Waals surface area contributed by atoms with Gasteiger partial charge in [-0.25, -0.2) is 9.97 Å². The Morgan fingerprint density at radius 3 is 2.82 bits per heavy atom. The Hall–Kier alpha value is -2.11. The monoisotopic (exact) mass is 316 g/mol. The van der Waals surface area contributed by atoms with E-state index in [1.807, 2.05) is 36.6 Å². The number of aryl methyl sites for hydroxylation is 2. The zero-order chi connectivity index (χ0) is 15.7. The Labute approximate surface area is 133 Å². The number of fused-ring (bicyclic) bond motifs is 1. The van der Waals surface area contributed by atoms with Crippen LogP contribution in [-0.4, -0.2) is 19.5 Å². The van der Waals surface area contributed by atoms with Crippen LogP contribution >= 0.6 is 11.6 Å². The number of imidazole rings is 1. The topological polar surface area (TPSA) is 62.5 Å². The summed E-state index contributed by atoms with van der Waals surface area (Å²) in [7, 11) is 0. The van der Waals surface area contributed by atoms with Crippen LogP contribution in [0.3, 0.4) is 0 Å². The van der Waals surface area contributed by atoms with Gasteiger partial charge in [0.1, 0.15) is 0 Å². The number of anilines is 1. The lowest BCUT2D eigenvalue weighted by Gasteiger charge is -2.08. The van der Waals surface area contributed by atoms with Crippen LogP contribution in [0.15, 0.2) is 30.5 Å². The first-order valence-corrected chi connectivity index (χ1v) is 7.40. The highest BCUT2D eigenvalue weighted by Gasteiger charge is 2.07. The van der Waals surface area contributed by atoms with E-state index in [1.54, 1.807) is 12.1 Å². The predicted octanol–water partition coefficient (Wildman–Crippen LogP) is 3.10. The summed E-state index contributed by atoms with van der Waals surface area (Å²) in [5.41, 5.74) is 4.53. The molecule has 0 aliphatic heterocycles. The van der Waals surface area contributed by atoms with Crippen LogP contribution in [-0.2, 0) is 13.2 Å². The van der Waals surface area contributed by atoms with Crippen LogP contribution in [0.5, 0.6) is 0 Å². The van der Waals surface area contributed by atoms with E-state index in [2.05, 4.69) is 15.3 Å². The van der Waals surface area contributed by atoms with Crippen LogP contribution in [0.25, 0.3) is 5.78 Å². The van der Waals surface area contributed by atoms with Gasteiger partial charge >= 0.3 is 0 Å². The number of hydrogen-bond donors (Lipinski definition) is 2. The fourth-order valence-electron chi connectivity index (χ4n) is 2.40. The highest BCUT2D eigenvalue weighted by Crippen LogP contribution is 2.23. The third kappa shape index (κ3) is 2.91. The van der Waals surface area contributed by atoms with Gasteiger partial charge in [0, 0.05) is 17.6 Å². The molecule has 0 saturated carbocycles. The van der Waals surface area contributed by atoms with Gasteiger partial charge in [0.15, 0.2) is 0 Å². The number of nitrogens with zero attached hydrogens (tertiary/aromatic N) is 3. The predicted molar refractivity (Wildman–Crippen MR) is 87.2 cm³/mol. The SMILES string of the molecule is Cc1cc(C)n2cc(CNc3cc(CO)ccc3Cl)nc2n1. The lowest BCUT2D eigenvalue weighted by Crippen LogP contribution is -2.01. The van der Waals surface area contributed by atoms with E-state index in [0.717, 1.165) is 28.3 Å². The maximum absolute atomic E-state index is 9.20. The molecular formula is C16H17ClN4O. The van der Waals surface area contributed by atoms with E-state index in [0.29, 0.717) is 17.3 Å². The Kier molecular flexibility index (Phi) is 4.00. The van der Waals surface area contributed by atoms with Crippen molar-refractivity contribution in [3.05, 3.63) is 58.1 Å². The second-order valence-electron chi connectivity index (χ2n) is 5.27. The molecular weight excluding hydrogens is 300 g/mol. The molecule has 0 atom stereocenters. The molecule has 0 radical (unpaired) electrons. The fraction of sp³-hybridized carbons (Fsp3) is 0.250. The van der Waals surface area contributed by atoms with Crippen molar-refractivity contribution >= 4 is 23.1 Å². The number of aromatic nitrogens is 3. The molecule has 0 fully saturated rings. The van der Waals surface area contributed by atoms with Gasteiger partial charge in [-0.3, -0.25) is 4.40 Å². The summed E-state index contributed by atoms with van der Waals surface area (Å²) in [4.78, 5) is 8.94. The Balaban J connectivity index is 1.83. The minimum Gasteiger partial charge on any atom is -0.392 e. The first kappa shape index (κ1) is 14.8. The summed E-state index contributed by atoms with van der Waals surface area (Å²) in [5, 5.41) is 13.1. The van der Waals surface area contributed by atoms with Crippen molar-refractivity contribution in [1.82, 2.24) is 14.4 Å². The summed E-state index contributed by atoms with van der Waals surface area (Å²) in [6.45, 7) is 4.51. The van der Waals surface area contributed by atoms with E-state index in [-0.39, 0.29) is 6.61 Å². The molecule has 2 heterocycles. The number of rotatable bonds is 4. The van der Waals surface area contributed by atoms with Crippen molar-refractivity contribution in [1.29, 1.82) is 0 Å². The molecule has 0 spiro atoms. The molecule has 0 amide bonds. The second-order valence-corrected chi connectivity index (χ2v) is 5.67. The van der Waals surface area contributed by atoms with Crippen LogP contribution in [0.1, 0.15) is 22.6 Å². The lowest BCUT2D eigenvalue weighted by atomic mass is 10.2. The quantitative estimate of drug-likeness (QED) is 0.776. The number of hydrogen-bond acceptors (Lipinski definition) is 4. The van der Waals surface area contributed by atoms with Gasteiger partial charge in [-0.05, 0) is 37.6 Å².